The van der Waals surface area contributed by atoms with Gasteiger partial charge in [0.05, 0.1) is 0 Å². The largest absolute Gasteiger partial charge is 0.298 e. The van der Waals surface area contributed by atoms with Crippen molar-refractivity contribution in [2.24, 2.45) is 5.92 Å². The van der Waals surface area contributed by atoms with Gasteiger partial charge >= 0.3 is 0 Å². The van der Waals surface area contributed by atoms with Crippen molar-refractivity contribution < 1.29 is 4.79 Å². The molecule has 1 aliphatic carbocycles. The van der Waals surface area contributed by atoms with Crippen molar-refractivity contribution >= 4 is 27.7 Å². The van der Waals surface area contributed by atoms with Crippen molar-refractivity contribution in [1.29, 1.82) is 0 Å². The summed E-state index contributed by atoms with van der Waals surface area (Å²) in [5.41, 5.74) is 1.84. The molecular formula is C16H16O2S. The number of hydrogen-bond donors (Lipinski definition) is 0. The van der Waals surface area contributed by atoms with Gasteiger partial charge in [-0.3, -0.25) is 9.59 Å². The SMILES string of the molecule is CCC1CCc2c(sc3cc(C=O)ccc3c2=O)C1. The molecule has 19 heavy (non-hydrogen) atoms. The summed E-state index contributed by atoms with van der Waals surface area (Å²) in [4.78, 5) is 24.6. The summed E-state index contributed by atoms with van der Waals surface area (Å²) < 4.78 is 0.949. The standard InChI is InChI=1S/C16H16O2S/c1-2-10-3-5-12-14(7-10)19-15-8-11(9-17)4-6-13(15)16(12)18/h4,6,8-10H,2-3,5,7H2,1H3. The van der Waals surface area contributed by atoms with Crippen LogP contribution in [0.15, 0.2) is 23.0 Å². The number of carbonyl (C=O) groups is 1. The van der Waals surface area contributed by atoms with Crippen LogP contribution in [0, 0.1) is 5.92 Å². The molecule has 1 aromatic heterocycles. The predicted molar refractivity (Wildman–Crippen MR) is 79.3 cm³/mol. The summed E-state index contributed by atoms with van der Waals surface area (Å²) in [6.07, 6.45) is 5.07. The monoisotopic (exact) mass is 272 g/mol. The van der Waals surface area contributed by atoms with Gasteiger partial charge in [-0.2, -0.15) is 0 Å². The number of aldehydes is 1. The molecule has 98 valence electrons. The van der Waals surface area contributed by atoms with Crippen molar-refractivity contribution in [1.82, 2.24) is 0 Å². The molecule has 0 amide bonds. The summed E-state index contributed by atoms with van der Waals surface area (Å²) in [6, 6.07) is 5.36. The molecule has 2 nitrogen and oxygen atoms in total. The summed E-state index contributed by atoms with van der Waals surface area (Å²) in [6.45, 7) is 2.21. The topological polar surface area (TPSA) is 34.1 Å². The van der Waals surface area contributed by atoms with E-state index in [9.17, 15) is 9.59 Å². The Morgan fingerprint density at radius 1 is 1.42 bits per heavy atom. The zero-order valence-corrected chi connectivity index (χ0v) is 11.8. The van der Waals surface area contributed by atoms with Gasteiger partial charge in [0, 0.05) is 26.1 Å². The maximum absolute atomic E-state index is 12.5. The van der Waals surface area contributed by atoms with Crippen LogP contribution < -0.4 is 5.43 Å². The zero-order valence-electron chi connectivity index (χ0n) is 10.9. The van der Waals surface area contributed by atoms with Gasteiger partial charge < -0.3 is 0 Å². The van der Waals surface area contributed by atoms with E-state index in [-0.39, 0.29) is 5.43 Å². The fraction of sp³-hybridized carbons (Fsp3) is 0.375. The number of hydrogen-bond acceptors (Lipinski definition) is 3. The first-order valence-corrected chi connectivity index (χ1v) is 7.58. The molecule has 0 bridgehead atoms. The van der Waals surface area contributed by atoms with Gasteiger partial charge in [0.15, 0.2) is 5.43 Å². The first kappa shape index (κ1) is 12.5. The lowest BCUT2D eigenvalue weighted by atomic mass is 9.87. The van der Waals surface area contributed by atoms with Gasteiger partial charge in [-0.25, -0.2) is 0 Å². The normalized spacial score (nSPS) is 18.3. The fourth-order valence-electron chi connectivity index (χ4n) is 2.85. The van der Waals surface area contributed by atoms with Crippen molar-refractivity contribution in [2.75, 3.05) is 0 Å². The van der Waals surface area contributed by atoms with Crippen LogP contribution in [0.2, 0.25) is 0 Å². The average molecular weight is 272 g/mol. The van der Waals surface area contributed by atoms with Crippen molar-refractivity contribution in [3.05, 3.63) is 44.4 Å². The molecule has 0 spiro atoms. The van der Waals surface area contributed by atoms with Crippen LogP contribution in [0.3, 0.4) is 0 Å². The Labute approximate surface area is 116 Å². The van der Waals surface area contributed by atoms with Crippen molar-refractivity contribution in [3.8, 4) is 0 Å². The second-order valence-corrected chi connectivity index (χ2v) is 6.36. The molecule has 0 radical (unpaired) electrons. The molecule has 2 aromatic rings. The molecule has 3 heteroatoms. The third-order valence-corrected chi connectivity index (χ3v) is 5.30. The zero-order chi connectivity index (χ0) is 13.4. The molecule has 1 atom stereocenters. The van der Waals surface area contributed by atoms with E-state index in [2.05, 4.69) is 6.92 Å². The van der Waals surface area contributed by atoms with Crippen LogP contribution >= 0.6 is 11.3 Å². The molecular weight excluding hydrogens is 256 g/mol. The van der Waals surface area contributed by atoms with E-state index in [0.29, 0.717) is 11.5 Å². The van der Waals surface area contributed by atoms with Crippen LogP contribution in [0.5, 0.6) is 0 Å². The maximum atomic E-state index is 12.5. The highest BCUT2D eigenvalue weighted by Crippen LogP contribution is 2.32. The van der Waals surface area contributed by atoms with Gasteiger partial charge in [0.2, 0.25) is 0 Å². The fourth-order valence-corrected chi connectivity index (χ4v) is 4.21. The lowest BCUT2D eigenvalue weighted by molar-refractivity contribution is 0.112. The van der Waals surface area contributed by atoms with E-state index < -0.39 is 0 Å². The Morgan fingerprint density at radius 3 is 3.00 bits per heavy atom. The smallest absolute Gasteiger partial charge is 0.191 e. The van der Waals surface area contributed by atoms with Gasteiger partial charge in [-0.05, 0) is 37.3 Å². The Bertz CT molecular complexity index is 700. The third kappa shape index (κ3) is 2.12. The molecule has 1 aromatic carbocycles. The van der Waals surface area contributed by atoms with Crippen LogP contribution in [0.25, 0.3) is 10.1 Å². The summed E-state index contributed by atoms with van der Waals surface area (Å²) in [5, 5.41) is 0.768. The highest BCUT2D eigenvalue weighted by Gasteiger charge is 2.21. The van der Waals surface area contributed by atoms with Gasteiger partial charge in [-0.1, -0.05) is 19.4 Å². The molecule has 1 unspecified atom stereocenters. The Balaban J connectivity index is 2.22. The number of benzene rings is 1. The number of fused-ring (bicyclic) bond motifs is 2. The Kier molecular flexibility index (Phi) is 3.23. The van der Waals surface area contributed by atoms with Gasteiger partial charge in [0.25, 0.3) is 0 Å². The van der Waals surface area contributed by atoms with E-state index in [0.717, 1.165) is 41.2 Å². The van der Waals surface area contributed by atoms with Crippen molar-refractivity contribution in [2.45, 2.75) is 32.6 Å². The van der Waals surface area contributed by atoms with E-state index >= 15 is 0 Å². The lowest BCUT2D eigenvalue weighted by Crippen LogP contribution is -2.20. The maximum Gasteiger partial charge on any atom is 0.191 e. The summed E-state index contributed by atoms with van der Waals surface area (Å²) >= 11 is 1.69. The molecule has 1 heterocycles. The van der Waals surface area contributed by atoms with Gasteiger partial charge in [0.1, 0.15) is 6.29 Å². The molecule has 0 N–H and O–H groups in total. The first-order valence-electron chi connectivity index (χ1n) is 6.76. The minimum atomic E-state index is 0.177. The van der Waals surface area contributed by atoms with Gasteiger partial charge in [-0.15, -0.1) is 11.3 Å². The van der Waals surface area contributed by atoms with E-state index in [1.165, 1.54) is 11.3 Å². The minimum absolute atomic E-state index is 0.177. The van der Waals surface area contributed by atoms with E-state index in [1.807, 2.05) is 6.07 Å². The van der Waals surface area contributed by atoms with Crippen LogP contribution in [0.4, 0.5) is 0 Å². The highest BCUT2D eigenvalue weighted by molar-refractivity contribution is 7.18. The third-order valence-electron chi connectivity index (χ3n) is 4.08. The van der Waals surface area contributed by atoms with E-state index in [1.54, 1.807) is 23.5 Å². The predicted octanol–water partition coefficient (Wildman–Crippen LogP) is 3.59. The van der Waals surface area contributed by atoms with E-state index in [4.69, 9.17) is 0 Å². The lowest BCUT2D eigenvalue weighted by Gasteiger charge is -2.22. The molecule has 0 fully saturated rings. The quantitative estimate of drug-likeness (QED) is 0.783. The average Bonchev–Trinajstić information content (AvgIpc) is 2.46. The van der Waals surface area contributed by atoms with Crippen LogP contribution in [-0.2, 0) is 12.8 Å². The molecule has 0 aliphatic heterocycles. The first-order chi connectivity index (χ1) is 9.22. The molecule has 0 saturated heterocycles. The second kappa shape index (κ2) is 4.89. The number of carbonyl (C=O) groups excluding carboxylic acids is 1. The van der Waals surface area contributed by atoms with Crippen LogP contribution in [-0.4, -0.2) is 6.29 Å². The molecule has 0 saturated carbocycles. The van der Waals surface area contributed by atoms with Crippen molar-refractivity contribution in [3.63, 3.8) is 0 Å². The minimum Gasteiger partial charge on any atom is -0.298 e. The number of rotatable bonds is 2. The summed E-state index contributed by atoms with van der Waals surface area (Å²) in [7, 11) is 0. The van der Waals surface area contributed by atoms with Crippen LogP contribution in [0.1, 0.15) is 40.6 Å². The summed E-state index contributed by atoms with van der Waals surface area (Å²) in [5.74, 6) is 0.704. The second-order valence-electron chi connectivity index (χ2n) is 5.22. The molecule has 3 rings (SSSR count). The Hall–Kier alpha value is -1.48. The molecule has 1 aliphatic rings. The highest BCUT2D eigenvalue weighted by atomic mass is 32.1. The Morgan fingerprint density at radius 2 is 2.26 bits per heavy atom.